The first-order valence-corrected chi connectivity index (χ1v) is 14.1. The molecule has 10 nitrogen and oxygen atoms in total. The number of hydrogen-bond acceptors (Lipinski definition) is 9. The number of nitrogens with zero attached hydrogens (tertiary/aromatic N) is 5. The van der Waals surface area contributed by atoms with Crippen LogP contribution in [0, 0.1) is 11.6 Å². The molecule has 0 aliphatic carbocycles. The van der Waals surface area contributed by atoms with Gasteiger partial charge in [0.2, 0.25) is 0 Å². The number of pyridine rings is 1. The van der Waals surface area contributed by atoms with Gasteiger partial charge in [-0.1, -0.05) is 40.2 Å². The van der Waals surface area contributed by atoms with E-state index in [1.807, 2.05) is 0 Å². The van der Waals surface area contributed by atoms with E-state index in [-0.39, 0.29) is 29.5 Å². The van der Waals surface area contributed by atoms with Crippen LogP contribution in [0.25, 0.3) is 11.3 Å². The summed E-state index contributed by atoms with van der Waals surface area (Å²) in [5.41, 5.74) is -0.448. The zero-order valence-corrected chi connectivity index (χ0v) is 23.4. The monoisotopic (exact) mass is 615 g/mol. The minimum Gasteiger partial charge on any atom is -0.394 e. The highest BCUT2D eigenvalue weighted by atomic mass is 35.5. The number of carbonyl (C=O) groups is 1. The molecule has 2 aliphatic heterocycles. The van der Waals surface area contributed by atoms with E-state index < -0.39 is 53.1 Å². The first kappa shape index (κ1) is 29.1. The molecule has 2 fully saturated rings. The highest BCUT2D eigenvalue weighted by Crippen LogP contribution is 2.41. The van der Waals surface area contributed by atoms with E-state index in [1.54, 1.807) is 17.9 Å². The predicted molar refractivity (Wildman–Crippen MR) is 142 cm³/mol. The van der Waals surface area contributed by atoms with Crippen LogP contribution >= 0.6 is 35.0 Å². The van der Waals surface area contributed by atoms with Gasteiger partial charge < -0.3 is 24.6 Å². The van der Waals surface area contributed by atoms with Crippen molar-refractivity contribution in [2.24, 2.45) is 0 Å². The second-order valence-corrected chi connectivity index (χ2v) is 11.2. The Morgan fingerprint density at radius 2 is 1.98 bits per heavy atom. The third-order valence-corrected chi connectivity index (χ3v) is 8.43. The lowest BCUT2D eigenvalue weighted by Gasteiger charge is -2.43. The number of benzene rings is 1. The highest BCUT2D eigenvalue weighted by molar-refractivity contribution is 8.00. The molecule has 2 N–H and O–H groups in total. The standard InChI is InChI=1S/C25H25Cl2F2N5O5S/c1-2-38-23-21(34-10-16(31-32-34)12-6-14(28)19(27)15(29)7-12)22(36)17(11-35)39-25(23)40-18-8-13(26)9-30-20(18)24(37)33-4-3-5-33/h6-10,17,21-23,25,35-36H,2-5,11H2,1H3/t17?,21-,22-,23?,25+/m0/s1. The third-order valence-electron chi connectivity index (χ3n) is 6.69. The first-order valence-electron chi connectivity index (χ1n) is 12.5. The average molecular weight is 616 g/mol. The van der Waals surface area contributed by atoms with Crippen molar-refractivity contribution < 1.29 is 33.3 Å². The number of aliphatic hydroxyl groups is 2. The van der Waals surface area contributed by atoms with Crippen LogP contribution in [0.15, 0.2) is 35.5 Å². The predicted octanol–water partition coefficient (Wildman–Crippen LogP) is 3.59. The smallest absolute Gasteiger partial charge is 0.273 e. The van der Waals surface area contributed by atoms with Gasteiger partial charge in [0.15, 0.2) is 0 Å². The minimum absolute atomic E-state index is 0.0870. The van der Waals surface area contributed by atoms with Crippen LogP contribution in [0.3, 0.4) is 0 Å². The first-order chi connectivity index (χ1) is 19.2. The zero-order valence-electron chi connectivity index (χ0n) is 21.1. The van der Waals surface area contributed by atoms with Gasteiger partial charge in [0, 0.05) is 36.4 Å². The molecule has 3 aromatic rings. The molecule has 4 heterocycles. The van der Waals surface area contributed by atoms with E-state index in [2.05, 4.69) is 15.3 Å². The summed E-state index contributed by atoms with van der Waals surface area (Å²) in [5.74, 6) is -2.16. The van der Waals surface area contributed by atoms with Crippen molar-refractivity contribution >= 4 is 40.9 Å². The van der Waals surface area contributed by atoms with Crippen LogP contribution in [0.2, 0.25) is 10.0 Å². The average Bonchev–Trinajstić information content (AvgIpc) is 3.37. The van der Waals surface area contributed by atoms with Crippen molar-refractivity contribution in [2.45, 2.75) is 48.0 Å². The van der Waals surface area contributed by atoms with Crippen molar-refractivity contribution in [3.63, 3.8) is 0 Å². The number of halogens is 4. The summed E-state index contributed by atoms with van der Waals surface area (Å²) < 4.78 is 41.5. The Balaban J connectivity index is 1.49. The maximum atomic E-state index is 14.1. The molecular weight excluding hydrogens is 591 g/mol. The number of amides is 1. The number of carbonyl (C=O) groups excluding carboxylic acids is 1. The summed E-state index contributed by atoms with van der Waals surface area (Å²) in [5, 5.41) is 29.0. The number of aromatic nitrogens is 4. The molecule has 0 bridgehead atoms. The fourth-order valence-corrected chi connectivity index (χ4v) is 6.15. The summed E-state index contributed by atoms with van der Waals surface area (Å²) in [6, 6.07) is 2.72. The fraction of sp³-hybridized carbons (Fsp3) is 0.440. The molecule has 5 rings (SSSR count). The molecule has 1 aromatic carbocycles. The molecule has 5 atom stereocenters. The van der Waals surface area contributed by atoms with E-state index in [0.29, 0.717) is 23.0 Å². The van der Waals surface area contributed by atoms with Crippen molar-refractivity contribution in [3.8, 4) is 11.3 Å². The quantitative estimate of drug-likeness (QED) is 0.366. The minimum atomic E-state index is -1.30. The summed E-state index contributed by atoms with van der Waals surface area (Å²) >= 11 is 13.0. The molecule has 2 aliphatic rings. The zero-order chi connectivity index (χ0) is 28.6. The summed E-state index contributed by atoms with van der Waals surface area (Å²) in [6.45, 7) is 2.71. The molecule has 2 saturated heterocycles. The van der Waals surface area contributed by atoms with Crippen LogP contribution in [0.5, 0.6) is 0 Å². The Bertz CT molecular complexity index is 1370. The summed E-state index contributed by atoms with van der Waals surface area (Å²) in [7, 11) is 0. The van der Waals surface area contributed by atoms with E-state index >= 15 is 0 Å². The molecule has 2 aromatic heterocycles. The Hall–Kier alpha value is -2.39. The number of likely N-dealkylation sites (tertiary alicyclic amines) is 1. The Morgan fingerprint density at radius 3 is 2.60 bits per heavy atom. The van der Waals surface area contributed by atoms with Gasteiger partial charge >= 0.3 is 0 Å². The van der Waals surface area contributed by atoms with E-state index in [1.165, 1.54) is 17.1 Å². The topological polar surface area (TPSA) is 123 Å². The van der Waals surface area contributed by atoms with Gasteiger partial charge in [0.25, 0.3) is 5.91 Å². The van der Waals surface area contributed by atoms with E-state index in [9.17, 15) is 23.8 Å². The van der Waals surface area contributed by atoms with E-state index in [0.717, 1.165) is 30.3 Å². The Morgan fingerprint density at radius 1 is 1.25 bits per heavy atom. The largest absolute Gasteiger partial charge is 0.394 e. The molecule has 0 spiro atoms. The highest BCUT2D eigenvalue weighted by Gasteiger charge is 2.48. The maximum absolute atomic E-state index is 14.1. The molecule has 2 unspecified atom stereocenters. The number of thioether (sulfide) groups is 1. The molecule has 1 amide bonds. The summed E-state index contributed by atoms with van der Waals surface area (Å²) in [6.07, 6.45) is 0.483. The summed E-state index contributed by atoms with van der Waals surface area (Å²) in [4.78, 5) is 19.4. The van der Waals surface area contributed by atoms with Crippen LogP contribution < -0.4 is 0 Å². The van der Waals surface area contributed by atoms with Crippen LogP contribution in [-0.4, -0.2) is 91.0 Å². The lowest BCUT2D eigenvalue weighted by atomic mass is 9.97. The molecule has 214 valence electrons. The molecule has 15 heteroatoms. The second-order valence-electron chi connectivity index (χ2n) is 9.23. The number of ether oxygens (including phenoxy) is 2. The van der Waals surface area contributed by atoms with Crippen LogP contribution in [0.1, 0.15) is 29.9 Å². The van der Waals surface area contributed by atoms with Crippen molar-refractivity contribution in [2.75, 3.05) is 26.3 Å². The second kappa shape index (κ2) is 12.2. The van der Waals surface area contributed by atoms with E-state index in [4.69, 9.17) is 32.7 Å². The van der Waals surface area contributed by atoms with Gasteiger partial charge in [-0.2, -0.15) is 0 Å². The molecular formula is C25H25Cl2F2N5O5S. The van der Waals surface area contributed by atoms with Crippen LogP contribution in [0.4, 0.5) is 8.78 Å². The van der Waals surface area contributed by atoms with Crippen molar-refractivity contribution in [1.29, 1.82) is 0 Å². The van der Waals surface area contributed by atoms with Gasteiger partial charge in [-0.3, -0.25) is 4.79 Å². The maximum Gasteiger partial charge on any atom is 0.273 e. The van der Waals surface area contributed by atoms with Gasteiger partial charge in [-0.25, -0.2) is 18.4 Å². The normalized spacial score (nSPS) is 24.7. The number of hydrogen-bond donors (Lipinski definition) is 2. The van der Waals surface area contributed by atoms with Gasteiger partial charge in [0.1, 0.15) is 57.8 Å². The lowest BCUT2D eigenvalue weighted by molar-refractivity contribution is -0.191. The van der Waals surface area contributed by atoms with Crippen molar-refractivity contribution in [3.05, 3.63) is 58.0 Å². The number of rotatable bonds is 8. The molecule has 0 radical (unpaired) electrons. The van der Waals surface area contributed by atoms with Gasteiger partial charge in [-0.15, -0.1) is 5.10 Å². The Kier molecular flexibility index (Phi) is 8.90. The number of aliphatic hydroxyl groups excluding tert-OH is 2. The fourth-order valence-electron chi connectivity index (χ4n) is 4.55. The van der Waals surface area contributed by atoms with Gasteiger partial charge in [-0.05, 0) is 31.5 Å². The SMILES string of the molecule is CCOC1[C@@H](Sc2cc(Cl)cnc2C(=O)N2CCC2)OC(CO)[C@H](O)[C@@H]1n1cc(-c2cc(F)c(Cl)c(F)c2)nn1. The van der Waals surface area contributed by atoms with Crippen molar-refractivity contribution in [1.82, 2.24) is 24.9 Å². The van der Waals surface area contributed by atoms with Crippen LogP contribution in [-0.2, 0) is 9.47 Å². The molecule has 0 saturated carbocycles. The van der Waals surface area contributed by atoms with Gasteiger partial charge in [0.05, 0.1) is 17.8 Å². The molecule has 40 heavy (non-hydrogen) atoms. The lowest BCUT2D eigenvalue weighted by Crippen LogP contribution is -2.56. The Labute approximate surface area is 242 Å². The third kappa shape index (κ3) is 5.69.